The second kappa shape index (κ2) is 6.76. The van der Waals surface area contributed by atoms with Gasteiger partial charge < -0.3 is 9.47 Å². The number of methoxy groups -OCH3 is 1. The largest absolute Gasteiger partial charge is 0.497 e. The third kappa shape index (κ3) is 2.92. The molecule has 1 saturated carbocycles. The third-order valence-electron chi connectivity index (χ3n) is 6.25. The summed E-state index contributed by atoms with van der Waals surface area (Å²) < 4.78 is 11.8. The van der Waals surface area contributed by atoms with Gasteiger partial charge in [0.2, 0.25) is 0 Å². The van der Waals surface area contributed by atoms with Crippen molar-refractivity contribution in [2.75, 3.05) is 7.11 Å². The molecule has 150 valence electrons. The summed E-state index contributed by atoms with van der Waals surface area (Å²) in [5.74, 6) is 1.56. The molecular formula is C22H23N3O4. The Morgan fingerprint density at radius 2 is 1.93 bits per heavy atom. The van der Waals surface area contributed by atoms with E-state index in [9.17, 15) is 10.1 Å². The quantitative estimate of drug-likeness (QED) is 0.553. The molecule has 1 aliphatic carbocycles. The molecule has 7 heteroatoms. The predicted octanol–water partition coefficient (Wildman–Crippen LogP) is 4.81. The Balaban J connectivity index is 1.57. The molecule has 0 saturated heterocycles. The first-order valence-electron chi connectivity index (χ1n) is 10.1. The summed E-state index contributed by atoms with van der Waals surface area (Å²) in [5.41, 5.74) is 2.50. The minimum atomic E-state index is -0.458. The van der Waals surface area contributed by atoms with Crippen LogP contribution >= 0.6 is 0 Å². The minimum Gasteiger partial charge on any atom is -0.497 e. The lowest BCUT2D eigenvalue weighted by molar-refractivity contribution is -0.385. The van der Waals surface area contributed by atoms with Gasteiger partial charge in [0.1, 0.15) is 11.5 Å². The van der Waals surface area contributed by atoms with Crippen LogP contribution in [0.3, 0.4) is 0 Å². The van der Waals surface area contributed by atoms with Crippen LogP contribution in [0.25, 0.3) is 0 Å². The van der Waals surface area contributed by atoms with Gasteiger partial charge in [-0.25, -0.2) is 5.01 Å². The Labute approximate surface area is 169 Å². The molecule has 0 amide bonds. The van der Waals surface area contributed by atoms with Gasteiger partial charge in [-0.3, -0.25) is 10.1 Å². The summed E-state index contributed by atoms with van der Waals surface area (Å²) in [4.78, 5) is 11.0. The van der Waals surface area contributed by atoms with Crippen LogP contribution in [0.4, 0.5) is 5.69 Å². The Hall–Kier alpha value is -3.09. The van der Waals surface area contributed by atoms with E-state index in [4.69, 9.17) is 14.6 Å². The number of fused-ring (bicyclic) bond motifs is 4. The van der Waals surface area contributed by atoms with Crippen molar-refractivity contribution >= 4 is 11.4 Å². The highest BCUT2D eigenvalue weighted by atomic mass is 16.6. The number of hydrogen-bond acceptors (Lipinski definition) is 6. The van der Waals surface area contributed by atoms with Gasteiger partial charge >= 0.3 is 0 Å². The Morgan fingerprint density at radius 1 is 1.17 bits per heavy atom. The molecule has 0 bridgehead atoms. The normalized spacial score (nSPS) is 21.8. The summed E-state index contributed by atoms with van der Waals surface area (Å²) in [6, 6.07) is 12.8. The van der Waals surface area contributed by atoms with Crippen LogP contribution in [0.1, 0.15) is 55.7 Å². The second-order valence-corrected chi connectivity index (χ2v) is 7.93. The fourth-order valence-electron chi connectivity index (χ4n) is 4.78. The molecule has 2 aliphatic heterocycles. The number of non-ortho nitro benzene ring substituents is 1. The van der Waals surface area contributed by atoms with E-state index in [1.54, 1.807) is 19.2 Å². The van der Waals surface area contributed by atoms with Crippen molar-refractivity contribution in [3.63, 3.8) is 0 Å². The first kappa shape index (κ1) is 18.0. The van der Waals surface area contributed by atoms with E-state index in [0.717, 1.165) is 54.0 Å². The average molecular weight is 393 g/mol. The second-order valence-electron chi connectivity index (χ2n) is 7.93. The number of nitro groups is 1. The zero-order valence-corrected chi connectivity index (χ0v) is 16.3. The molecular weight excluding hydrogens is 370 g/mol. The minimum absolute atomic E-state index is 0.0474. The van der Waals surface area contributed by atoms with E-state index in [-0.39, 0.29) is 16.7 Å². The molecule has 2 heterocycles. The van der Waals surface area contributed by atoms with Crippen molar-refractivity contribution in [2.45, 2.75) is 50.3 Å². The van der Waals surface area contributed by atoms with E-state index >= 15 is 0 Å². The fourth-order valence-corrected chi connectivity index (χ4v) is 4.78. The molecule has 0 N–H and O–H groups in total. The van der Waals surface area contributed by atoms with Gasteiger partial charge in [0, 0.05) is 37.0 Å². The first-order valence-corrected chi connectivity index (χ1v) is 10.1. The molecule has 5 rings (SSSR count). The molecule has 0 aromatic heterocycles. The lowest BCUT2D eigenvalue weighted by atomic mass is 9.86. The van der Waals surface area contributed by atoms with Crippen LogP contribution in [-0.4, -0.2) is 28.5 Å². The van der Waals surface area contributed by atoms with Crippen LogP contribution < -0.4 is 9.47 Å². The van der Waals surface area contributed by atoms with Crippen molar-refractivity contribution in [3.8, 4) is 11.5 Å². The fraction of sp³-hybridized carbons (Fsp3) is 0.409. The van der Waals surface area contributed by atoms with Gasteiger partial charge in [0.15, 0.2) is 5.72 Å². The monoisotopic (exact) mass is 393 g/mol. The smallest absolute Gasteiger partial charge is 0.270 e. The Morgan fingerprint density at radius 3 is 2.62 bits per heavy atom. The van der Waals surface area contributed by atoms with Crippen molar-refractivity contribution in [2.24, 2.45) is 5.10 Å². The summed E-state index contributed by atoms with van der Waals surface area (Å²) in [7, 11) is 1.65. The molecule has 7 nitrogen and oxygen atoms in total. The van der Waals surface area contributed by atoms with Crippen molar-refractivity contribution in [1.29, 1.82) is 0 Å². The van der Waals surface area contributed by atoms with Crippen LogP contribution in [0.5, 0.6) is 11.5 Å². The predicted molar refractivity (Wildman–Crippen MR) is 108 cm³/mol. The topological polar surface area (TPSA) is 77.2 Å². The standard InChI is InChI=1S/C22H23N3O4/c1-28-17-8-5-15(6-9-17)19-14-20-18-13-16(25(26)27)7-10-21(18)29-22(24(20)23-19)11-3-2-4-12-22/h5-10,13,20H,2-4,11-12,14H2,1H3/t20-/m0/s1. The number of nitro benzene ring substituents is 1. The molecule has 29 heavy (non-hydrogen) atoms. The average Bonchev–Trinajstić information content (AvgIpc) is 3.21. The van der Waals surface area contributed by atoms with Crippen molar-refractivity contribution < 1.29 is 14.4 Å². The van der Waals surface area contributed by atoms with Gasteiger partial charge in [-0.05, 0) is 48.7 Å². The van der Waals surface area contributed by atoms with Crippen molar-refractivity contribution in [1.82, 2.24) is 5.01 Å². The number of hydrazone groups is 1. The van der Waals surface area contributed by atoms with E-state index in [1.807, 2.05) is 24.3 Å². The maximum absolute atomic E-state index is 11.3. The van der Waals surface area contributed by atoms with Crippen LogP contribution in [0, 0.1) is 10.1 Å². The number of hydrogen-bond donors (Lipinski definition) is 0. The summed E-state index contributed by atoms with van der Waals surface area (Å²) >= 11 is 0. The maximum atomic E-state index is 11.3. The first-order chi connectivity index (χ1) is 14.1. The zero-order chi connectivity index (χ0) is 20.0. The Kier molecular flexibility index (Phi) is 4.19. The van der Waals surface area contributed by atoms with Crippen LogP contribution in [-0.2, 0) is 0 Å². The van der Waals surface area contributed by atoms with Crippen molar-refractivity contribution in [3.05, 3.63) is 63.7 Å². The van der Waals surface area contributed by atoms with E-state index in [2.05, 4.69) is 5.01 Å². The van der Waals surface area contributed by atoms with Gasteiger partial charge in [-0.1, -0.05) is 6.42 Å². The van der Waals surface area contributed by atoms with Gasteiger partial charge in [-0.2, -0.15) is 5.10 Å². The molecule has 1 fully saturated rings. The number of ether oxygens (including phenoxy) is 2. The van der Waals surface area contributed by atoms with Gasteiger partial charge in [-0.15, -0.1) is 0 Å². The summed E-state index contributed by atoms with van der Waals surface area (Å²) in [5, 5.41) is 18.4. The number of nitrogens with zero attached hydrogens (tertiary/aromatic N) is 3. The highest BCUT2D eigenvalue weighted by Gasteiger charge is 2.51. The highest BCUT2D eigenvalue weighted by molar-refractivity contribution is 6.02. The molecule has 2 aromatic carbocycles. The maximum Gasteiger partial charge on any atom is 0.270 e. The molecule has 3 aliphatic rings. The summed E-state index contributed by atoms with van der Waals surface area (Å²) in [6.07, 6.45) is 5.92. The molecule has 1 spiro atoms. The van der Waals surface area contributed by atoms with E-state index < -0.39 is 5.72 Å². The number of rotatable bonds is 3. The molecule has 1 atom stereocenters. The highest BCUT2D eigenvalue weighted by Crippen LogP contribution is 2.51. The van der Waals surface area contributed by atoms with E-state index in [1.165, 1.54) is 12.5 Å². The third-order valence-corrected chi connectivity index (χ3v) is 6.25. The molecule has 0 unspecified atom stereocenters. The number of benzene rings is 2. The van der Waals surface area contributed by atoms with Gasteiger partial charge in [0.25, 0.3) is 5.69 Å². The van der Waals surface area contributed by atoms with E-state index in [0.29, 0.717) is 6.42 Å². The van der Waals surface area contributed by atoms with Crippen LogP contribution in [0.2, 0.25) is 0 Å². The molecule has 2 aromatic rings. The Bertz CT molecular complexity index is 980. The van der Waals surface area contributed by atoms with Gasteiger partial charge in [0.05, 0.1) is 23.8 Å². The molecule has 0 radical (unpaired) electrons. The van der Waals surface area contributed by atoms with Crippen LogP contribution in [0.15, 0.2) is 47.6 Å². The SMILES string of the molecule is COc1ccc(C2=NN3[C@@H](C2)c2cc([N+](=O)[O-])ccc2OC32CCCCC2)cc1. The lowest BCUT2D eigenvalue weighted by Gasteiger charge is -2.49. The zero-order valence-electron chi connectivity index (χ0n) is 16.3. The summed E-state index contributed by atoms with van der Waals surface area (Å²) in [6.45, 7) is 0. The lowest BCUT2D eigenvalue weighted by Crippen LogP contribution is -2.54.